The van der Waals surface area contributed by atoms with Crippen molar-refractivity contribution in [1.82, 2.24) is 9.97 Å². The van der Waals surface area contributed by atoms with Gasteiger partial charge in [0.05, 0.1) is 11.5 Å². The Morgan fingerprint density at radius 1 is 1.53 bits per heavy atom. The maximum Gasteiger partial charge on any atom is 0.287 e. The molecule has 2 aromatic rings. The van der Waals surface area contributed by atoms with Gasteiger partial charge < -0.3 is 5.32 Å². The minimum absolute atomic E-state index is 0.00213. The van der Waals surface area contributed by atoms with E-state index in [0.717, 1.165) is 10.6 Å². The Kier molecular flexibility index (Phi) is 3.29. The van der Waals surface area contributed by atoms with Gasteiger partial charge in [-0.2, -0.15) is 0 Å². The zero-order valence-corrected chi connectivity index (χ0v) is 9.90. The van der Waals surface area contributed by atoms with Crippen molar-refractivity contribution in [2.24, 2.45) is 0 Å². The minimum Gasteiger partial charge on any atom is -0.363 e. The number of nitrogens with one attached hydrogen (secondary N) is 1. The van der Waals surface area contributed by atoms with E-state index in [9.17, 15) is 10.1 Å². The zero-order valence-electron chi connectivity index (χ0n) is 9.08. The number of thiazole rings is 1. The molecule has 0 amide bonds. The number of hydrogen-bond acceptors (Lipinski definition) is 6. The van der Waals surface area contributed by atoms with Crippen molar-refractivity contribution in [3.8, 4) is 0 Å². The number of nitrogens with zero attached hydrogens (tertiary/aromatic N) is 3. The number of pyridine rings is 1. The summed E-state index contributed by atoms with van der Waals surface area (Å²) < 4.78 is 0. The molecule has 0 saturated carbocycles. The number of aryl methyl sites for hydroxylation is 1. The molecule has 0 aliphatic heterocycles. The Balaban J connectivity index is 2.09. The number of aromatic nitrogens is 2. The Labute approximate surface area is 102 Å². The quantitative estimate of drug-likeness (QED) is 0.665. The summed E-state index contributed by atoms with van der Waals surface area (Å²) in [6.45, 7) is 2.35. The summed E-state index contributed by atoms with van der Waals surface area (Å²) in [4.78, 5) is 18.2. The van der Waals surface area contributed by atoms with Crippen LogP contribution in [0.5, 0.6) is 0 Å². The second-order valence-corrected chi connectivity index (χ2v) is 4.37. The Morgan fingerprint density at radius 2 is 2.35 bits per heavy atom. The van der Waals surface area contributed by atoms with Crippen LogP contribution in [0, 0.1) is 17.0 Å². The van der Waals surface area contributed by atoms with E-state index in [1.807, 2.05) is 5.38 Å². The number of hydrogen-bond donors (Lipinski definition) is 1. The summed E-state index contributed by atoms with van der Waals surface area (Å²) in [5.41, 5.74) is 0.748. The van der Waals surface area contributed by atoms with Gasteiger partial charge in [-0.05, 0) is 12.5 Å². The van der Waals surface area contributed by atoms with Crippen LogP contribution in [0.1, 0.15) is 10.6 Å². The predicted molar refractivity (Wildman–Crippen MR) is 65.1 cm³/mol. The van der Waals surface area contributed by atoms with Gasteiger partial charge in [0, 0.05) is 17.6 Å². The Morgan fingerprint density at radius 3 is 2.94 bits per heavy atom. The van der Waals surface area contributed by atoms with Crippen molar-refractivity contribution >= 4 is 22.8 Å². The van der Waals surface area contributed by atoms with Crippen LogP contribution < -0.4 is 5.32 Å². The van der Waals surface area contributed by atoms with E-state index in [2.05, 4.69) is 15.3 Å². The van der Waals surface area contributed by atoms with Crippen LogP contribution >= 0.6 is 11.3 Å². The molecule has 17 heavy (non-hydrogen) atoms. The maximum atomic E-state index is 10.5. The van der Waals surface area contributed by atoms with Crippen molar-refractivity contribution in [3.05, 3.63) is 44.5 Å². The summed E-state index contributed by atoms with van der Waals surface area (Å²) in [5.74, 6) is 0.644. The van der Waals surface area contributed by atoms with Crippen molar-refractivity contribution in [1.29, 1.82) is 0 Å². The molecular weight excluding hydrogens is 240 g/mol. The van der Waals surface area contributed by atoms with E-state index >= 15 is 0 Å². The molecule has 0 spiro atoms. The summed E-state index contributed by atoms with van der Waals surface area (Å²) >= 11 is 1.55. The summed E-state index contributed by atoms with van der Waals surface area (Å²) in [6.07, 6.45) is 2.98. The van der Waals surface area contributed by atoms with Crippen molar-refractivity contribution in [2.75, 3.05) is 5.32 Å². The molecule has 6 nitrogen and oxygen atoms in total. The lowest BCUT2D eigenvalue weighted by atomic mass is 10.2. The first kappa shape index (κ1) is 11.5. The first-order valence-corrected chi connectivity index (χ1v) is 5.78. The zero-order chi connectivity index (χ0) is 12.3. The van der Waals surface area contributed by atoms with E-state index in [1.54, 1.807) is 24.5 Å². The lowest BCUT2D eigenvalue weighted by Gasteiger charge is -2.06. The first-order valence-electron chi connectivity index (χ1n) is 4.90. The normalized spacial score (nSPS) is 10.2. The van der Waals surface area contributed by atoms with Gasteiger partial charge in [0.15, 0.2) is 0 Å². The molecule has 0 aromatic carbocycles. The van der Waals surface area contributed by atoms with Crippen molar-refractivity contribution in [3.63, 3.8) is 0 Å². The Bertz CT molecular complexity index is 527. The van der Waals surface area contributed by atoms with E-state index in [4.69, 9.17) is 0 Å². The minimum atomic E-state index is -0.454. The average Bonchev–Trinajstić information content (AvgIpc) is 2.80. The highest BCUT2D eigenvalue weighted by atomic mass is 32.1. The van der Waals surface area contributed by atoms with Crippen molar-refractivity contribution in [2.45, 2.75) is 13.5 Å². The number of rotatable bonds is 4. The smallest absolute Gasteiger partial charge is 0.287 e. The fourth-order valence-electron chi connectivity index (χ4n) is 1.34. The van der Waals surface area contributed by atoms with Crippen LogP contribution in [0.15, 0.2) is 23.8 Å². The molecule has 0 unspecified atom stereocenters. The maximum absolute atomic E-state index is 10.5. The fourth-order valence-corrected chi connectivity index (χ4v) is 1.90. The summed E-state index contributed by atoms with van der Waals surface area (Å²) in [5, 5.41) is 16.5. The van der Waals surface area contributed by atoms with Crippen LogP contribution in [-0.4, -0.2) is 14.9 Å². The molecule has 0 fully saturated rings. The van der Waals surface area contributed by atoms with Crippen LogP contribution in [-0.2, 0) is 6.54 Å². The molecule has 2 rings (SSSR count). The lowest BCUT2D eigenvalue weighted by molar-refractivity contribution is -0.385. The van der Waals surface area contributed by atoms with Gasteiger partial charge >= 0.3 is 0 Å². The van der Waals surface area contributed by atoms with Gasteiger partial charge in [-0.3, -0.25) is 10.1 Å². The van der Waals surface area contributed by atoms with E-state index < -0.39 is 4.92 Å². The highest BCUT2D eigenvalue weighted by molar-refractivity contribution is 7.09. The first-order chi connectivity index (χ1) is 8.16. The van der Waals surface area contributed by atoms with Gasteiger partial charge in [-0.1, -0.05) is 0 Å². The molecule has 2 aromatic heterocycles. The molecule has 1 N–H and O–H groups in total. The molecule has 0 aliphatic carbocycles. The molecule has 2 heterocycles. The van der Waals surface area contributed by atoms with Crippen LogP contribution in [0.2, 0.25) is 0 Å². The van der Waals surface area contributed by atoms with E-state index in [1.165, 1.54) is 12.3 Å². The Hall–Kier alpha value is -2.02. The van der Waals surface area contributed by atoms with Crippen molar-refractivity contribution < 1.29 is 4.92 Å². The van der Waals surface area contributed by atoms with E-state index in [0.29, 0.717) is 12.4 Å². The third kappa shape index (κ3) is 2.76. The molecule has 0 radical (unpaired) electrons. The third-order valence-electron chi connectivity index (χ3n) is 2.17. The predicted octanol–water partition coefficient (Wildman–Crippen LogP) is 2.37. The fraction of sp³-hybridized carbons (Fsp3) is 0.200. The summed E-state index contributed by atoms with van der Waals surface area (Å²) in [6, 6.07) is 1.50. The molecule has 0 bridgehead atoms. The van der Waals surface area contributed by atoms with Crippen LogP contribution in [0.25, 0.3) is 0 Å². The average molecular weight is 250 g/mol. The van der Waals surface area contributed by atoms with Gasteiger partial charge in [0.2, 0.25) is 0 Å². The lowest BCUT2D eigenvalue weighted by Crippen LogP contribution is -2.03. The standard InChI is InChI=1S/C10H10N4O2S/c1-7-4-8(14(15)16)5-12-10(7)13-6-9-11-2-3-17-9/h2-5H,6H2,1H3,(H,12,13). The monoisotopic (exact) mass is 250 g/mol. The number of nitro groups is 1. The topological polar surface area (TPSA) is 81.0 Å². The van der Waals surface area contributed by atoms with Crippen LogP contribution in [0.4, 0.5) is 11.5 Å². The molecular formula is C10H10N4O2S. The second-order valence-electron chi connectivity index (χ2n) is 3.40. The molecule has 0 atom stereocenters. The highest BCUT2D eigenvalue weighted by Gasteiger charge is 2.09. The SMILES string of the molecule is Cc1cc([N+](=O)[O-])cnc1NCc1nccs1. The van der Waals surface area contributed by atoms with E-state index in [-0.39, 0.29) is 5.69 Å². The highest BCUT2D eigenvalue weighted by Crippen LogP contribution is 2.18. The largest absolute Gasteiger partial charge is 0.363 e. The summed E-state index contributed by atoms with van der Waals surface area (Å²) in [7, 11) is 0. The molecule has 88 valence electrons. The second kappa shape index (κ2) is 4.88. The van der Waals surface area contributed by atoms with Crippen LogP contribution in [0.3, 0.4) is 0 Å². The molecule has 0 aliphatic rings. The van der Waals surface area contributed by atoms with Gasteiger partial charge in [-0.15, -0.1) is 11.3 Å². The molecule has 0 saturated heterocycles. The van der Waals surface area contributed by atoms with Gasteiger partial charge in [-0.25, -0.2) is 9.97 Å². The van der Waals surface area contributed by atoms with Gasteiger partial charge in [0.1, 0.15) is 17.0 Å². The van der Waals surface area contributed by atoms with Gasteiger partial charge in [0.25, 0.3) is 5.69 Å². The molecule has 7 heteroatoms. The number of anilines is 1. The third-order valence-corrected chi connectivity index (χ3v) is 2.94.